The van der Waals surface area contributed by atoms with Crippen LogP contribution < -0.4 is 5.32 Å². The molecule has 17 heavy (non-hydrogen) atoms. The third-order valence-corrected chi connectivity index (χ3v) is 3.60. The van der Waals surface area contributed by atoms with E-state index in [0.29, 0.717) is 0 Å². The van der Waals surface area contributed by atoms with Crippen molar-refractivity contribution in [2.24, 2.45) is 7.05 Å². The smallest absolute Gasteiger partial charge is 0.183 e. The van der Waals surface area contributed by atoms with Gasteiger partial charge in [-0.05, 0) is 20.3 Å². The van der Waals surface area contributed by atoms with E-state index in [-0.39, 0.29) is 0 Å². The first-order valence-electron chi connectivity index (χ1n) is 5.83. The number of nitrogens with zero attached hydrogens (tertiary/aromatic N) is 3. The monoisotopic (exact) mass is 250 g/mol. The number of hydrogen-bond acceptors (Lipinski definition) is 4. The summed E-state index contributed by atoms with van der Waals surface area (Å²) in [6, 6.07) is 0. The molecule has 0 radical (unpaired) electrons. The lowest BCUT2D eigenvalue weighted by Crippen LogP contribution is -1.98. The van der Waals surface area contributed by atoms with Gasteiger partial charge in [0.2, 0.25) is 0 Å². The Morgan fingerprint density at radius 2 is 2.18 bits per heavy atom. The maximum Gasteiger partial charge on any atom is 0.183 e. The maximum atomic E-state index is 4.61. The van der Waals surface area contributed by atoms with E-state index in [0.717, 1.165) is 40.7 Å². The number of nitrogens with one attached hydrogen (secondary N) is 1. The van der Waals surface area contributed by atoms with E-state index in [1.165, 1.54) is 0 Å². The molecule has 0 aliphatic heterocycles. The van der Waals surface area contributed by atoms with Crippen LogP contribution in [0.15, 0.2) is 5.38 Å². The van der Waals surface area contributed by atoms with Gasteiger partial charge in [0.05, 0.1) is 11.4 Å². The molecule has 0 spiro atoms. The molecule has 2 heterocycles. The molecule has 0 aliphatic rings. The topological polar surface area (TPSA) is 42.7 Å². The van der Waals surface area contributed by atoms with Crippen molar-refractivity contribution in [2.45, 2.75) is 27.2 Å². The Hall–Kier alpha value is -1.36. The summed E-state index contributed by atoms with van der Waals surface area (Å²) in [5, 5.41) is 10.8. The number of hydrogen-bond donors (Lipinski definition) is 1. The highest BCUT2D eigenvalue weighted by Crippen LogP contribution is 2.29. The fraction of sp³-hybridized carbons (Fsp3) is 0.500. The van der Waals surface area contributed by atoms with Crippen LogP contribution in [0, 0.1) is 13.8 Å². The second-order valence-electron chi connectivity index (χ2n) is 4.13. The van der Waals surface area contributed by atoms with Gasteiger partial charge >= 0.3 is 0 Å². The molecule has 0 bridgehead atoms. The van der Waals surface area contributed by atoms with Gasteiger partial charge in [-0.1, -0.05) is 6.92 Å². The Morgan fingerprint density at radius 3 is 2.76 bits per heavy atom. The van der Waals surface area contributed by atoms with Crippen LogP contribution in [0.4, 0.5) is 5.13 Å². The summed E-state index contributed by atoms with van der Waals surface area (Å²) in [5.74, 6) is 0. The average molecular weight is 250 g/mol. The van der Waals surface area contributed by atoms with Gasteiger partial charge in [-0.25, -0.2) is 4.98 Å². The molecule has 0 unspecified atom stereocenters. The lowest BCUT2D eigenvalue weighted by Gasteiger charge is -1.99. The van der Waals surface area contributed by atoms with E-state index < -0.39 is 0 Å². The summed E-state index contributed by atoms with van der Waals surface area (Å²) in [4.78, 5) is 4.61. The van der Waals surface area contributed by atoms with Crippen LogP contribution in [-0.2, 0) is 7.05 Å². The number of aromatic nitrogens is 3. The lowest BCUT2D eigenvalue weighted by molar-refractivity contribution is 0.731. The van der Waals surface area contributed by atoms with E-state index in [1.807, 2.05) is 18.7 Å². The SMILES string of the molecule is CCCNc1nc(-c2c(C)nn(C)c2C)cs1. The standard InChI is InChI=1S/C12H18N4S/c1-5-6-13-12-14-10(7-17-12)11-8(2)15-16(4)9(11)3/h7H,5-6H2,1-4H3,(H,13,14). The fourth-order valence-corrected chi connectivity index (χ4v) is 2.58. The first-order valence-corrected chi connectivity index (χ1v) is 6.71. The maximum absolute atomic E-state index is 4.61. The minimum Gasteiger partial charge on any atom is -0.362 e. The van der Waals surface area contributed by atoms with Crippen LogP contribution in [0.3, 0.4) is 0 Å². The summed E-state index contributed by atoms with van der Waals surface area (Å²) in [7, 11) is 1.97. The fourth-order valence-electron chi connectivity index (χ4n) is 1.85. The Kier molecular flexibility index (Phi) is 3.47. The van der Waals surface area contributed by atoms with Crippen molar-refractivity contribution in [1.82, 2.24) is 14.8 Å². The predicted molar refractivity (Wildman–Crippen MR) is 72.6 cm³/mol. The zero-order chi connectivity index (χ0) is 12.4. The Balaban J connectivity index is 2.30. The molecule has 2 rings (SSSR count). The molecule has 2 aromatic heterocycles. The highest BCUT2D eigenvalue weighted by molar-refractivity contribution is 7.14. The normalized spacial score (nSPS) is 10.8. The van der Waals surface area contributed by atoms with Crippen molar-refractivity contribution in [1.29, 1.82) is 0 Å². The summed E-state index contributed by atoms with van der Waals surface area (Å²) < 4.78 is 1.91. The molecule has 0 amide bonds. The second-order valence-corrected chi connectivity index (χ2v) is 4.99. The minimum atomic E-state index is 0.970. The molecule has 0 aliphatic carbocycles. The lowest BCUT2D eigenvalue weighted by atomic mass is 10.1. The van der Waals surface area contributed by atoms with Crippen LogP contribution in [-0.4, -0.2) is 21.3 Å². The molecule has 2 aromatic rings. The summed E-state index contributed by atoms with van der Waals surface area (Å²) in [6.07, 6.45) is 1.11. The van der Waals surface area contributed by atoms with Crippen molar-refractivity contribution in [2.75, 3.05) is 11.9 Å². The van der Waals surface area contributed by atoms with Gasteiger partial charge in [0.25, 0.3) is 0 Å². The van der Waals surface area contributed by atoms with E-state index in [9.17, 15) is 0 Å². The molecule has 5 heteroatoms. The minimum absolute atomic E-state index is 0.970. The van der Waals surface area contributed by atoms with Crippen molar-refractivity contribution in [3.63, 3.8) is 0 Å². The second kappa shape index (κ2) is 4.87. The zero-order valence-corrected chi connectivity index (χ0v) is 11.6. The van der Waals surface area contributed by atoms with Gasteiger partial charge in [0.1, 0.15) is 0 Å². The molecule has 0 atom stereocenters. The van der Waals surface area contributed by atoms with E-state index in [2.05, 4.69) is 34.6 Å². The van der Waals surface area contributed by atoms with Crippen molar-refractivity contribution < 1.29 is 0 Å². The number of rotatable bonds is 4. The highest BCUT2D eigenvalue weighted by atomic mass is 32.1. The van der Waals surface area contributed by atoms with Crippen molar-refractivity contribution >= 4 is 16.5 Å². The molecule has 4 nitrogen and oxygen atoms in total. The molecular weight excluding hydrogens is 232 g/mol. The van der Waals surface area contributed by atoms with Crippen molar-refractivity contribution in [3.05, 3.63) is 16.8 Å². The van der Waals surface area contributed by atoms with Crippen LogP contribution >= 0.6 is 11.3 Å². The molecule has 0 aromatic carbocycles. The Bertz CT molecular complexity index is 513. The average Bonchev–Trinajstić information content (AvgIpc) is 2.83. The molecule has 92 valence electrons. The molecule has 1 N–H and O–H groups in total. The summed E-state index contributed by atoms with van der Waals surface area (Å²) >= 11 is 1.65. The molecule has 0 fully saturated rings. The Morgan fingerprint density at radius 1 is 1.41 bits per heavy atom. The highest BCUT2D eigenvalue weighted by Gasteiger charge is 2.14. The van der Waals surface area contributed by atoms with Crippen molar-refractivity contribution in [3.8, 4) is 11.3 Å². The first-order chi connectivity index (χ1) is 8.13. The first kappa shape index (κ1) is 12.1. The van der Waals surface area contributed by atoms with Crippen LogP contribution in [0.1, 0.15) is 24.7 Å². The van der Waals surface area contributed by atoms with Crippen LogP contribution in [0.25, 0.3) is 11.3 Å². The largest absolute Gasteiger partial charge is 0.362 e. The van der Waals surface area contributed by atoms with Gasteiger partial charge < -0.3 is 5.32 Å². The summed E-state index contributed by atoms with van der Waals surface area (Å²) in [5.41, 5.74) is 4.39. The van der Waals surface area contributed by atoms with Gasteiger partial charge in [-0.3, -0.25) is 4.68 Å². The van der Waals surface area contributed by atoms with Crippen LogP contribution in [0.5, 0.6) is 0 Å². The third kappa shape index (κ3) is 2.34. The van der Waals surface area contributed by atoms with E-state index in [1.54, 1.807) is 11.3 Å². The van der Waals surface area contributed by atoms with Gasteiger partial charge in [0.15, 0.2) is 5.13 Å². The Labute approximate surface area is 106 Å². The molecule has 0 saturated heterocycles. The quantitative estimate of drug-likeness (QED) is 0.907. The van der Waals surface area contributed by atoms with Gasteiger partial charge in [0, 0.05) is 30.2 Å². The molecular formula is C12H18N4S. The number of thiazole rings is 1. The van der Waals surface area contributed by atoms with Gasteiger partial charge in [-0.15, -0.1) is 11.3 Å². The van der Waals surface area contributed by atoms with E-state index >= 15 is 0 Å². The third-order valence-electron chi connectivity index (χ3n) is 2.80. The van der Waals surface area contributed by atoms with Crippen LogP contribution in [0.2, 0.25) is 0 Å². The number of anilines is 1. The van der Waals surface area contributed by atoms with Gasteiger partial charge in [-0.2, -0.15) is 5.10 Å². The van der Waals surface area contributed by atoms with E-state index in [4.69, 9.17) is 0 Å². The number of aryl methyl sites for hydroxylation is 2. The molecule has 0 saturated carbocycles. The summed E-state index contributed by atoms with van der Waals surface area (Å²) in [6.45, 7) is 7.23. The predicted octanol–water partition coefficient (Wildman–Crippen LogP) is 2.98. The zero-order valence-electron chi connectivity index (χ0n) is 10.7.